The van der Waals surface area contributed by atoms with E-state index >= 15 is 0 Å². The molecule has 3 nitrogen and oxygen atoms in total. The second-order valence-corrected chi connectivity index (χ2v) is 5.37. The molecule has 0 aliphatic carbocycles. The van der Waals surface area contributed by atoms with Crippen molar-refractivity contribution in [3.63, 3.8) is 0 Å². The van der Waals surface area contributed by atoms with E-state index in [1.54, 1.807) is 4.90 Å². The van der Waals surface area contributed by atoms with Crippen LogP contribution in [0, 0.1) is 5.41 Å². The van der Waals surface area contributed by atoms with E-state index in [-0.39, 0.29) is 5.41 Å². The van der Waals surface area contributed by atoms with Crippen molar-refractivity contribution in [2.45, 2.75) is 18.7 Å². The van der Waals surface area contributed by atoms with Gasteiger partial charge in [-0.25, -0.2) is 0 Å². The third kappa shape index (κ3) is 2.72. The van der Waals surface area contributed by atoms with Crippen LogP contribution in [0.1, 0.15) is 12.0 Å². The lowest BCUT2D eigenvalue weighted by molar-refractivity contribution is -0.0613. The fourth-order valence-corrected chi connectivity index (χ4v) is 2.55. The van der Waals surface area contributed by atoms with Crippen molar-refractivity contribution in [1.82, 2.24) is 4.90 Å². The molecule has 0 radical (unpaired) electrons. The van der Waals surface area contributed by atoms with Crippen molar-refractivity contribution >= 4 is 19.1 Å². The molecule has 1 N–H and O–H groups in total. The maximum atomic E-state index is 7.37. The van der Waals surface area contributed by atoms with Crippen molar-refractivity contribution in [3.05, 3.63) is 47.8 Å². The molecule has 4 heteroatoms. The number of hydrogen-bond donors (Lipinski definition) is 1. The molecule has 1 fully saturated rings. The van der Waals surface area contributed by atoms with Gasteiger partial charge in [0.1, 0.15) is 0 Å². The summed E-state index contributed by atoms with van der Waals surface area (Å²) >= 11 is 0. The quantitative estimate of drug-likeness (QED) is 0.369. The molecule has 0 unspecified atom stereocenters. The molecule has 1 saturated heterocycles. The van der Waals surface area contributed by atoms with E-state index in [2.05, 4.69) is 43.4 Å². The third-order valence-corrected chi connectivity index (χ3v) is 4.03. The number of benzene rings is 1. The fraction of sp³-hybridized carbons (Fsp3) is 0.375. The van der Waals surface area contributed by atoms with Gasteiger partial charge in [-0.15, -0.1) is 5.73 Å². The van der Waals surface area contributed by atoms with Crippen LogP contribution >= 0.6 is 0 Å². The van der Waals surface area contributed by atoms with Gasteiger partial charge in [0.2, 0.25) is 0 Å². The molecule has 0 aromatic heterocycles. The molecule has 0 spiro atoms. The van der Waals surface area contributed by atoms with E-state index in [0.717, 1.165) is 32.6 Å². The molecule has 0 saturated carbocycles. The van der Waals surface area contributed by atoms with E-state index in [1.807, 2.05) is 7.05 Å². The summed E-state index contributed by atoms with van der Waals surface area (Å²) in [5.41, 5.74) is 6.56. The van der Waals surface area contributed by atoms with Gasteiger partial charge in [-0.3, -0.25) is 5.41 Å². The Balaban J connectivity index is 2.29. The second kappa shape index (κ2) is 6.12. The summed E-state index contributed by atoms with van der Waals surface area (Å²) in [6.07, 6.45) is 2.10. The maximum Gasteiger partial charge on any atom is 0.154 e. The Morgan fingerprint density at radius 2 is 2.35 bits per heavy atom. The highest BCUT2D eigenvalue weighted by atomic mass is 16.5. The van der Waals surface area contributed by atoms with E-state index in [1.165, 1.54) is 17.4 Å². The lowest BCUT2D eigenvalue weighted by Gasteiger charge is -2.43. The van der Waals surface area contributed by atoms with E-state index in [4.69, 9.17) is 10.1 Å². The van der Waals surface area contributed by atoms with E-state index in [9.17, 15) is 0 Å². The van der Waals surface area contributed by atoms with Gasteiger partial charge in [0.25, 0.3) is 0 Å². The van der Waals surface area contributed by atoms with Crippen LogP contribution in [0.2, 0.25) is 6.82 Å². The molecular formula is C16H21BN2O. The van der Waals surface area contributed by atoms with Crippen LogP contribution < -0.4 is 5.46 Å². The van der Waals surface area contributed by atoms with Crippen LogP contribution in [0.15, 0.2) is 42.3 Å². The van der Waals surface area contributed by atoms with E-state index in [0.29, 0.717) is 0 Å². The Kier molecular flexibility index (Phi) is 4.48. The lowest BCUT2D eigenvalue weighted by Crippen LogP contribution is -2.48. The molecular weight excluding hydrogens is 247 g/mol. The Bertz CT molecular complexity index is 545. The largest absolute Gasteiger partial charge is 0.379 e. The van der Waals surface area contributed by atoms with Gasteiger partial charge in [0.15, 0.2) is 7.28 Å². The Morgan fingerprint density at radius 3 is 2.85 bits per heavy atom. The van der Waals surface area contributed by atoms with Crippen LogP contribution in [-0.2, 0) is 10.2 Å². The van der Waals surface area contributed by atoms with Crippen LogP contribution in [0.4, 0.5) is 0 Å². The molecule has 1 aliphatic heterocycles. The molecule has 1 aromatic rings. The zero-order valence-electron chi connectivity index (χ0n) is 12.3. The number of nitrogens with zero attached hydrogens (tertiary/aromatic N) is 1. The molecule has 1 aliphatic rings. The van der Waals surface area contributed by atoms with Gasteiger partial charge in [-0.05, 0) is 5.56 Å². The van der Waals surface area contributed by atoms with Gasteiger partial charge < -0.3 is 9.64 Å². The average Bonchev–Trinajstić information content (AvgIpc) is 2.46. The number of hydrogen-bond acceptors (Lipinski definition) is 2. The van der Waals surface area contributed by atoms with Gasteiger partial charge in [-0.2, -0.15) is 0 Å². The van der Waals surface area contributed by atoms with Crippen LogP contribution in [0.25, 0.3) is 0 Å². The highest BCUT2D eigenvalue weighted by Gasteiger charge is 2.41. The predicted molar refractivity (Wildman–Crippen MR) is 85.4 cm³/mol. The van der Waals surface area contributed by atoms with Crippen molar-refractivity contribution in [2.24, 2.45) is 0 Å². The summed E-state index contributed by atoms with van der Waals surface area (Å²) in [7, 11) is 2.89. The standard InChI is InChI=1S/C16H21BN2O/c1-4-15(19(3)12-18)9-16(10-20-11-16)13-6-5-7-14(8-13)17-2/h5-8,12,17-18H,1,9-11H2,2-3H3. The van der Waals surface area contributed by atoms with Crippen LogP contribution in [0.5, 0.6) is 0 Å². The molecule has 2 rings (SSSR count). The summed E-state index contributed by atoms with van der Waals surface area (Å²) in [5.74, 6) is 0. The lowest BCUT2D eigenvalue weighted by atomic mass is 9.69. The fourth-order valence-electron chi connectivity index (χ4n) is 2.55. The first-order chi connectivity index (χ1) is 9.65. The Labute approximate surface area is 121 Å². The highest BCUT2D eigenvalue weighted by molar-refractivity contribution is 6.51. The molecule has 1 aromatic carbocycles. The molecule has 20 heavy (non-hydrogen) atoms. The molecule has 0 atom stereocenters. The highest BCUT2D eigenvalue weighted by Crippen LogP contribution is 2.38. The Morgan fingerprint density at radius 1 is 1.60 bits per heavy atom. The second-order valence-electron chi connectivity index (χ2n) is 5.37. The van der Waals surface area contributed by atoms with Gasteiger partial charge in [-0.1, -0.05) is 43.1 Å². The zero-order chi connectivity index (χ0) is 14.6. The van der Waals surface area contributed by atoms with Crippen molar-refractivity contribution in [3.8, 4) is 0 Å². The van der Waals surface area contributed by atoms with Crippen LogP contribution in [0.3, 0.4) is 0 Å². The Hall–Kier alpha value is -1.77. The monoisotopic (exact) mass is 268 g/mol. The molecule has 1 heterocycles. The summed E-state index contributed by atoms with van der Waals surface area (Å²) in [4.78, 5) is 1.76. The maximum absolute atomic E-state index is 7.37. The van der Waals surface area contributed by atoms with Gasteiger partial charge in [0, 0.05) is 18.9 Å². The normalized spacial score (nSPS) is 15.7. The molecule has 0 amide bonds. The summed E-state index contributed by atoms with van der Waals surface area (Å²) in [6.45, 7) is 7.36. The summed E-state index contributed by atoms with van der Waals surface area (Å²) in [6, 6.07) is 8.72. The zero-order valence-corrected chi connectivity index (χ0v) is 12.3. The minimum atomic E-state index is 0.00245. The van der Waals surface area contributed by atoms with Gasteiger partial charge in [0.05, 0.1) is 25.2 Å². The average molecular weight is 268 g/mol. The first kappa shape index (κ1) is 14.6. The number of nitrogens with one attached hydrogen (secondary N) is 1. The first-order valence-electron chi connectivity index (χ1n) is 6.94. The first-order valence-corrected chi connectivity index (χ1v) is 6.94. The SMILES string of the molecule is C=C=C(CC1(c2cccc(BC)c2)COC1)N(C)C=N. The van der Waals surface area contributed by atoms with Crippen molar-refractivity contribution < 1.29 is 4.74 Å². The number of ether oxygens (including phenoxy) is 1. The summed E-state index contributed by atoms with van der Waals surface area (Å²) < 4.78 is 5.49. The molecule has 104 valence electrons. The predicted octanol–water partition coefficient (Wildman–Crippen LogP) is 1.66. The minimum Gasteiger partial charge on any atom is -0.379 e. The number of rotatable bonds is 6. The topological polar surface area (TPSA) is 36.3 Å². The smallest absolute Gasteiger partial charge is 0.154 e. The van der Waals surface area contributed by atoms with Crippen molar-refractivity contribution in [1.29, 1.82) is 5.41 Å². The third-order valence-electron chi connectivity index (χ3n) is 4.03. The minimum absolute atomic E-state index is 0.00245. The van der Waals surface area contributed by atoms with Gasteiger partial charge >= 0.3 is 0 Å². The number of allylic oxidation sites excluding steroid dienone is 1. The summed E-state index contributed by atoms with van der Waals surface area (Å²) in [5, 5.41) is 7.37. The van der Waals surface area contributed by atoms with Crippen molar-refractivity contribution in [2.75, 3.05) is 20.3 Å². The van der Waals surface area contributed by atoms with E-state index < -0.39 is 0 Å². The molecule has 0 bridgehead atoms. The van der Waals surface area contributed by atoms with Crippen LogP contribution in [-0.4, -0.2) is 38.8 Å².